The molecule has 2 aliphatic rings. The van der Waals surface area contributed by atoms with Crippen molar-refractivity contribution in [1.82, 2.24) is 19.8 Å². The summed E-state index contributed by atoms with van der Waals surface area (Å²) in [6.45, 7) is 1.50. The van der Waals surface area contributed by atoms with Gasteiger partial charge in [-0.25, -0.2) is 13.2 Å². The molecule has 3 amide bonds. The van der Waals surface area contributed by atoms with E-state index in [0.29, 0.717) is 26.2 Å². The van der Waals surface area contributed by atoms with Gasteiger partial charge in [-0.05, 0) is 25.7 Å². The molecular weight excluding hydrogens is 320 g/mol. The molecule has 1 aliphatic heterocycles. The van der Waals surface area contributed by atoms with Crippen LogP contribution in [0.5, 0.6) is 0 Å². The van der Waals surface area contributed by atoms with Gasteiger partial charge in [0.15, 0.2) is 0 Å². The van der Waals surface area contributed by atoms with E-state index < -0.39 is 10.0 Å². The maximum absolute atomic E-state index is 12.3. The number of rotatable bonds is 3. The predicted molar refractivity (Wildman–Crippen MR) is 86.3 cm³/mol. The number of piperazine rings is 1. The van der Waals surface area contributed by atoms with Gasteiger partial charge in [0.1, 0.15) is 0 Å². The number of nitrogens with one attached hydrogen (secondary N) is 2. The predicted octanol–water partition coefficient (Wildman–Crippen LogP) is -0.422. The van der Waals surface area contributed by atoms with Crippen molar-refractivity contribution >= 4 is 22.0 Å². The monoisotopic (exact) mass is 346 g/mol. The number of hydrogen-bond acceptors (Lipinski definition) is 4. The Morgan fingerprint density at radius 3 is 2.04 bits per heavy atom. The minimum atomic E-state index is -3.18. The van der Waals surface area contributed by atoms with Crippen molar-refractivity contribution in [1.29, 1.82) is 0 Å². The van der Waals surface area contributed by atoms with Gasteiger partial charge in [-0.15, -0.1) is 0 Å². The lowest BCUT2D eigenvalue weighted by Crippen LogP contribution is -2.54. The molecule has 9 heteroatoms. The Labute approximate surface area is 137 Å². The minimum Gasteiger partial charge on any atom is -0.359 e. The summed E-state index contributed by atoms with van der Waals surface area (Å²) in [4.78, 5) is 25.5. The summed E-state index contributed by atoms with van der Waals surface area (Å²) < 4.78 is 24.3. The van der Waals surface area contributed by atoms with Crippen LogP contribution in [0.3, 0.4) is 0 Å². The average Bonchev–Trinajstić information content (AvgIpc) is 2.54. The van der Waals surface area contributed by atoms with Crippen molar-refractivity contribution in [2.75, 3.05) is 39.5 Å². The van der Waals surface area contributed by atoms with E-state index >= 15 is 0 Å². The molecule has 132 valence electrons. The molecule has 2 N–H and O–H groups in total. The van der Waals surface area contributed by atoms with Gasteiger partial charge in [-0.3, -0.25) is 4.79 Å². The molecule has 0 bridgehead atoms. The summed E-state index contributed by atoms with van der Waals surface area (Å²) in [6.07, 6.45) is 4.35. The highest BCUT2D eigenvalue weighted by Gasteiger charge is 2.29. The van der Waals surface area contributed by atoms with E-state index in [0.717, 1.165) is 25.7 Å². The van der Waals surface area contributed by atoms with Crippen molar-refractivity contribution in [2.45, 2.75) is 31.7 Å². The summed E-state index contributed by atoms with van der Waals surface area (Å²) >= 11 is 0. The average molecular weight is 346 g/mol. The van der Waals surface area contributed by atoms with E-state index in [9.17, 15) is 18.0 Å². The van der Waals surface area contributed by atoms with Gasteiger partial charge in [0, 0.05) is 45.2 Å². The SMILES string of the molecule is CNC(=O)C1CCC(NC(=O)N2CCN(S(C)(=O)=O)CC2)CC1. The first-order valence-electron chi connectivity index (χ1n) is 8.03. The molecule has 1 aliphatic carbocycles. The maximum Gasteiger partial charge on any atom is 0.317 e. The molecule has 0 aromatic rings. The van der Waals surface area contributed by atoms with Crippen molar-refractivity contribution in [2.24, 2.45) is 5.92 Å². The van der Waals surface area contributed by atoms with Crippen LogP contribution < -0.4 is 10.6 Å². The fraction of sp³-hybridized carbons (Fsp3) is 0.857. The van der Waals surface area contributed by atoms with Crippen molar-refractivity contribution < 1.29 is 18.0 Å². The van der Waals surface area contributed by atoms with Gasteiger partial charge in [-0.1, -0.05) is 0 Å². The van der Waals surface area contributed by atoms with Crippen LogP contribution in [0.15, 0.2) is 0 Å². The molecule has 1 saturated heterocycles. The van der Waals surface area contributed by atoms with Crippen molar-refractivity contribution in [3.05, 3.63) is 0 Å². The fourth-order valence-electron chi connectivity index (χ4n) is 3.19. The third-order valence-electron chi connectivity index (χ3n) is 4.67. The maximum atomic E-state index is 12.3. The van der Waals surface area contributed by atoms with Crippen LogP contribution in [0.4, 0.5) is 4.79 Å². The lowest BCUT2D eigenvalue weighted by Gasteiger charge is -2.35. The molecule has 1 saturated carbocycles. The lowest BCUT2D eigenvalue weighted by molar-refractivity contribution is -0.125. The topological polar surface area (TPSA) is 98.8 Å². The summed E-state index contributed by atoms with van der Waals surface area (Å²) in [5.41, 5.74) is 0. The van der Waals surface area contributed by atoms with Crippen LogP contribution >= 0.6 is 0 Å². The quantitative estimate of drug-likeness (QED) is 0.725. The van der Waals surface area contributed by atoms with Crippen LogP contribution in [0.1, 0.15) is 25.7 Å². The Kier molecular flexibility index (Phi) is 5.85. The molecule has 0 atom stereocenters. The number of nitrogens with zero attached hydrogens (tertiary/aromatic N) is 2. The number of carbonyl (C=O) groups is 2. The number of sulfonamides is 1. The van der Waals surface area contributed by atoms with Crippen LogP contribution in [0, 0.1) is 5.92 Å². The van der Waals surface area contributed by atoms with Gasteiger partial charge >= 0.3 is 6.03 Å². The smallest absolute Gasteiger partial charge is 0.317 e. The molecule has 2 rings (SSSR count). The zero-order valence-electron chi connectivity index (χ0n) is 13.7. The molecule has 1 heterocycles. The molecule has 0 aromatic heterocycles. The number of hydrogen-bond donors (Lipinski definition) is 2. The molecule has 0 spiro atoms. The summed E-state index contributed by atoms with van der Waals surface area (Å²) in [5, 5.41) is 5.68. The zero-order chi connectivity index (χ0) is 17.0. The van der Waals surface area contributed by atoms with Gasteiger partial charge in [0.2, 0.25) is 15.9 Å². The summed E-state index contributed by atoms with van der Waals surface area (Å²) in [7, 11) is -1.54. The van der Waals surface area contributed by atoms with Gasteiger partial charge < -0.3 is 15.5 Å². The summed E-state index contributed by atoms with van der Waals surface area (Å²) in [6, 6.07) is -0.0436. The Balaban J connectivity index is 1.75. The van der Waals surface area contributed by atoms with Crippen molar-refractivity contribution in [3.63, 3.8) is 0 Å². The van der Waals surface area contributed by atoms with Gasteiger partial charge in [0.25, 0.3) is 0 Å². The second kappa shape index (κ2) is 7.48. The Morgan fingerprint density at radius 2 is 1.57 bits per heavy atom. The second-order valence-electron chi connectivity index (χ2n) is 6.26. The number of urea groups is 1. The zero-order valence-corrected chi connectivity index (χ0v) is 14.6. The molecule has 0 aromatic carbocycles. The van der Waals surface area contributed by atoms with Gasteiger partial charge in [-0.2, -0.15) is 4.31 Å². The third-order valence-corrected chi connectivity index (χ3v) is 5.97. The first kappa shape index (κ1) is 18.0. The van der Waals surface area contributed by atoms with E-state index in [1.54, 1.807) is 11.9 Å². The standard InChI is InChI=1S/C14H26N4O4S/c1-15-13(19)11-3-5-12(6-4-11)16-14(20)17-7-9-18(10-8-17)23(2,21)22/h11-12H,3-10H2,1-2H3,(H,15,19)(H,16,20). The molecule has 0 unspecified atom stereocenters. The Bertz CT molecular complexity index is 535. The first-order chi connectivity index (χ1) is 10.8. The highest BCUT2D eigenvalue weighted by molar-refractivity contribution is 7.88. The number of carbonyl (C=O) groups excluding carboxylic acids is 2. The number of amides is 3. The molecule has 0 radical (unpaired) electrons. The van der Waals surface area contributed by atoms with Crippen LogP contribution in [-0.4, -0.2) is 75.1 Å². The molecule has 8 nitrogen and oxygen atoms in total. The first-order valence-corrected chi connectivity index (χ1v) is 9.88. The largest absolute Gasteiger partial charge is 0.359 e. The third kappa shape index (κ3) is 4.81. The van der Waals surface area contributed by atoms with Gasteiger partial charge in [0.05, 0.1) is 6.26 Å². The van der Waals surface area contributed by atoms with E-state index in [1.165, 1.54) is 10.6 Å². The van der Waals surface area contributed by atoms with Crippen molar-refractivity contribution in [3.8, 4) is 0 Å². The van der Waals surface area contributed by atoms with Crippen LogP contribution in [-0.2, 0) is 14.8 Å². The normalized spacial score (nSPS) is 26.6. The second-order valence-corrected chi connectivity index (χ2v) is 8.24. The van der Waals surface area contributed by atoms with Crippen LogP contribution in [0.2, 0.25) is 0 Å². The highest BCUT2D eigenvalue weighted by atomic mass is 32.2. The molecular formula is C14H26N4O4S. The van der Waals surface area contributed by atoms with E-state index in [-0.39, 0.29) is 23.9 Å². The van der Waals surface area contributed by atoms with E-state index in [1.807, 2.05) is 0 Å². The minimum absolute atomic E-state index is 0.0476. The fourth-order valence-corrected chi connectivity index (χ4v) is 4.02. The Morgan fingerprint density at radius 1 is 1.00 bits per heavy atom. The highest BCUT2D eigenvalue weighted by Crippen LogP contribution is 2.24. The molecule has 23 heavy (non-hydrogen) atoms. The molecule has 2 fully saturated rings. The lowest BCUT2D eigenvalue weighted by atomic mass is 9.85. The van der Waals surface area contributed by atoms with Crippen LogP contribution in [0.25, 0.3) is 0 Å². The van der Waals surface area contributed by atoms with E-state index in [4.69, 9.17) is 0 Å². The summed E-state index contributed by atoms with van der Waals surface area (Å²) in [5.74, 6) is 0.123. The van der Waals surface area contributed by atoms with E-state index in [2.05, 4.69) is 10.6 Å². The Hall–Kier alpha value is -1.35.